The predicted molar refractivity (Wildman–Crippen MR) is 82.0 cm³/mol. The van der Waals surface area contributed by atoms with Crippen molar-refractivity contribution in [3.63, 3.8) is 0 Å². The highest BCUT2D eigenvalue weighted by Gasteiger charge is 2.18. The molecule has 20 heavy (non-hydrogen) atoms. The summed E-state index contributed by atoms with van der Waals surface area (Å²) in [5, 5.41) is 3.29. The van der Waals surface area contributed by atoms with Crippen LogP contribution in [0.4, 0.5) is 0 Å². The number of hydrogen-bond donors (Lipinski definition) is 2. The summed E-state index contributed by atoms with van der Waals surface area (Å²) in [4.78, 5) is 0.337. The van der Waals surface area contributed by atoms with Gasteiger partial charge in [-0.2, -0.15) is 0 Å². The summed E-state index contributed by atoms with van der Waals surface area (Å²) >= 11 is 0. The van der Waals surface area contributed by atoms with E-state index in [2.05, 4.69) is 30.8 Å². The fraction of sp³-hybridized carbons (Fsp3) is 0.714. The van der Waals surface area contributed by atoms with E-state index in [0.717, 1.165) is 12.1 Å². The summed E-state index contributed by atoms with van der Waals surface area (Å²) in [6.45, 7) is 9.35. The zero-order valence-electron chi connectivity index (χ0n) is 13.1. The Morgan fingerprint density at radius 2 is 1.95 bits per heavy atom. The summed E-state index contributed by atoms with van der Waals surface area (Å²) in [5.41, 5.74) is 0.961. The van der Waals surface area contributed by atoms with Crippen LogP contribution in [0.25, 0.3) is 0 Å². The van der Waals surface area contributed by atoms with Crippen molar-refractivity contribution in [3.05, 3.63) is 18.0 Å². The van der Waals surface area contributed by atoms with Crippen LogP contribution in [-0.4, -0.2) is 25.6 Å². The first-order valence-electron chi connectivity index (χ1n) is 7.14. The Morgan fingerprint density at radius 1 is 1.30 bits per heavy atom. The van der Waals surface area contributed by atoms with Crippen molar-refractivity contribution < 1.29 is 8.42 Å². The fourth-order valence-corrected chi connectivity index (χ4v) is 2.95. The Labute approximate surface area is 122 Å². The van der Waals surface area contributed by atoms with Crippen LogP contribution >= 0.6 is 0 Å². The molecule has 0 aliphatic carbocycles. The molecule has 5 nitrogen and oxygen atoms in total. The summed E-state index contributed by atoms with van der Waals surface area (Å²) in [6, 6.07) is 2.10. The largest absolute Gasteiger partial charge is 0.352 e. The van der Waals surface area contributed by atoms with Gasteiger partial charge in [0.1, 0.15) is 0 Å². The van der Waals surface area contributed by atoms with E-state index in [1.165, 1.54) is 0 Å². The molecule has 6 heteroatoms. The Kier molecular flexibility index (Phi) is 6.23. The Hall–Kier alpha value is -0.850. The average molecular weight is 301 g/mol. The van der Waals surface area contributed by atoms with Crippen LogP contribution in [0.5, 0.6) is 0 Å². The third-order valence-corrected chi connectivity index (χ3v) is 4.79. The zero-order chi connectivity index (χ0) is 15.3. The Morgan fingerprint density at radius 3 is 2.50 bits per heavy atom. The van der Waals surface area contributed by atoms with Crippen molar-refractivity contribution in [1.82, 2.24) is 14.6 Å². The number of rotatable bonds is 8. The number of hydrogen-bond acceptors (Lipinski definition) is 3. The van der Waals surface area contributed by atoms with Gasteiger partial charge in [-0.3, -0.25) is 0 Å². The van der Waals surface area contributed by atoms with Crippen molar-refractivity contribution in [2.24, 2.45) is 13.0 Å². The minimum atomic E-state index is -3.40. The van der Waals surface area contributed by atoms with E-state index in [-0.39, 0.29) is 0 Å². The van der Waals surface area contributed by atoms with Gasteiger partial charge in [-0.05, 0) is 12.0 Å². The predicted octanol–water partition coefficient (Wildman–Crippen LogP) is 1.85. The lowest BCUT2D eigenvalue weighted by Crippen LogP contribution is -2.28. The van der Waals surface area contributed by atoms with E-state index < -0.39 is 10.0 Å². The van der Waals surface area contributed by atoms with Crippen molar-refractivity contribution in [2.75, 3.05) is 6.54 Å². The first-order chi connectivity index (χ1) is 9.26. The van der Waals surface area contributed by atoms with E-state index in [9.17, 15) is 8.42 Å². The molecule has 116 valence electrons. The lowest BCUT2D eigenvalue weighted by molar-refractivity contribution is 0.528. The highest BCUT2D eigenvalue weighted by molar-refractivity contribution is 7.89. The van der Waals surface area contributed by atoms with E-state index in [1.54, 1.807) is 12.3 Å². The third kappa shape index (κ3) is 4.92. The van der Waals surface area contributed by atoms with Crippen LogP contribution in [0.2, 0.25) is 0 Å². The van der Waals surface area contributed by atoms with Crippen molar-refractivity contribution >= 4 is 10.0 Å². The molecule has 1 atom stereocenters. The molecule has 0 aliphatic rings. The van der Waals surface area contributed by atoms with Gasteiger partial charge < -0.3 is 9.88 Å². The van der Waals surface area contributed by atoms with Gasteiger partial charge in [0.25, 0.3) is 0 Å². The van der Waals surface area contributed by atoms with Crippen LogP contribution < -0.4 is 10.0 Å². The molecule has 0 amide bonds. The highest BCUT2D eigenvalue weighted by Crippen LogP contribution is 2.14. The molecular formula is C14H27N3O2S. The van der Waals surface area contributed by atoms with Gasteiger partial charge in [-0.15, -0.1) is 0 Å². The quantitative estimate of drug-likeness (QED) is 0.770. The molecule has 0 spiro atoms. The minimum absolute atomic E-state index is 0.337. The van der Waals surface area contributed by atoms with E-state index in [1.807, 2.05) is 18.5 Å². The Bertz CT molecular complexity index is 521. The van der Waals surface area contributed by atoms with Gasteiger partial charge in [-0.1, -0.05) is 34.1 Å². The lowest BCUT2D eigenvalue weighted by Gasteiger charge is -2.09. The Balaban J connectivity index is 2.78. The second kappa shape index (κ2) is 7.24. The maximum absolute atomic E-state index is 12.2. The van der Waals surface area contributed by atoms with Crippen LogP contribution in [0, 0.1) is 5.92 Å². The van der Waals surface area contributed by atoms with Gasteiger partial charge >= 0.3 is 0 Å². The van der Waals surface area contributed by atoms with Crippen molar-refractivity contribution in [2.45, 2.75) is 51.6 Å². The summed E-state index contributed by atoms with van der Waals surface area (Å²) in [5.74, 6) is 0.343. The topological polar surface area (TPSA) is 63.1 Å². The molecular weight excluding hydrogens is 274 g/mol. The average Bonchev–Trinajstić information content (AvgIpc) is 2.75. The van der Waals surface area contributed by atoms with E-state index in [4.69, 9.17) is 0 Å². The molecule has 0 aliphatic heterocycles. The zero-order valence-corrected chi connectivity index (χ0v) is 13.9. The number of nitrogens with zero attached hydrogens (tertiary/aromatic N) is 1. The first-order valence-corrected chi connectivity index (χ1v) is 8.62. The normalized spacial score (nSPS) is 13.9. The maximum atomic E-state index is 12.2. The molecule has 0 aromatic carbocycles. The summed E-state index contributed by atoms with van der Waals surface area (Å²) in [7, 11) is -1.54. The van der Waals surface area contributed by atoms with Crippen LogP contribution in [0.15, 0.2) is 17.2 Å². The second-order valence-electron chi connectivity index (χ2n) is 5.68. The van der Waals surface area contributed by atoms with E-state index in [0.29, 0.717) is 29.9 Å². The lowest BCUT2D eigenvalue weighted by atomic mass is 10.1. The monoisotopic (exact) mass is 301 g/mol. The van der Waals surface area contributed by atoms with Gasteiger partial charge in [0.05, 0.1) is 4.90 Å². The second-order valence-corrected chi connectivity index (χ2v) is 7.45. The van der Waals surface area contributed by atoms with Crippen molar-refractivity contribution in [3.8, 4) is 0 Å². The molecule has 0 radical (unpaired) electrons. The molecule has 1 aromatic rings. The SMILES string of the molecule is CCC(C)CNS(=O)(=O)c1cc(CNC(C)C)n(C)c1. The molecule has 1 heterocycles. The molecule has 1 rings (SSSR count). The van der Waals surface area contributed by atoms with Crippen LogP contribution in [0.1, 0.15) is 39.8 Å². The van der Waals surface area contributed by atoms with Gasteiger partial charge in [-0.25, -0.2) is 13.1 Å². The minimum Gasteiger partial charge on any atom is -0.352 e. The molecule has 0 bridgehead atoms. The number of nitrogens with one attached hydrogen (secondary N) is 2. The van der Waals surface area contributed by atoms with Crippen LogP contribution in [0.3, 0.4) is 0 Å². The van der Waals surface area contributed by atoms with Gasteiger partial charge in [0.15, 0.2) is 0 Å². The molecule has 0 saturated carbocycles. The smallest absolute Gasteiger partial charge is 0.242 e. The maximum Gasteiger partial charge on any atom is 0.242 e. The van der Waals surface area contributed by atoms with Crippen LogP contribution in [-0.2, 0) is 23.6 Å². The highest BCUT2D eigenvalue weighted by atomic mass is 32.2. The molecule has 0 saturated heterocycles. The van der Waals surface area contributed by atoms with Gasteiger partial charge in [0.2, 0.25) is 10.0 Å². The first kappa shape index (κ1) is 17.2. The molecule has 1 unspecified atom stereocenters. The summed E-state index contributed by atoms with van der Waals surface area (Å²) in [6.07, 6.45) is 2.62. The molecule has 2 N–H and O–H groups in total. The molecule has 1 aromatic heterocycles. The van der Waals surface area contributed by atoms with Crippen molar-refractivity contribution in [1.29, 1.82) is 0 Å². The number of aromatic nitrogens is 1. The van der Waals surface area contributed by atoms with E-state index >= 15 is 0 Å². The summed E-state index contributed by atoms with van der Waals surface area (Å²) < 4.78 is 28.9. The van der Waals surface area contributed by atoms with Gasteiger partial charge in [0, 0.05) is 38.1 Å². The molecule has 0 fully saturated rings. The number of aryl methyl sites for hydroxylation is 1. The number of sulfonamides is 1. The third-order valence-electron chi connectivity index (χ3n) is 3.40. The standard InChI is InChI=1S/C14H27N3O2S/c1-6-12(4)8-16-20(18,19)14-7-13(17(5)10-14)9-15-11(2)3/h7,10-12,15-16H,6,8-9H2,1-5H3. The fourth-order valence-electron chi connectivity index (χ4n) is 1.69.